The van der Waals surface area contributed by atoms with Gasteiger partial charge in [0.15, 0.2) is 0 Å². The first kappa shape index (κ1) is 7.40. The molecule has 0 saturated heterocycles. The van der Waals surface area contributed by atoms with E-state index in [0.29, 0.717) is 6.54 Å². The van der Waals surface area contributed by atoms with Crippen LogP contribution in [0.5, 0.6) is 0 Å². The Labute approximate surface area is 81.1 Å². The zero-order valence-electron chi connectivity index (χ0n) is 7.45. The zero-order chi connectivity index (χ0) is 9.54. The summed E-state index contributed by atoms with van der Waals surface area (Å²) in [5.74, 6) is 5.50. The first-order chi connectivity index (χ1) is 6.84. The molecule has 0 radical (unpaired) electrons. The molecular weight excluding hydrogens is 174 g/mol. The lowest BCUT2D eigenvalue weighted by molar-refractivity contribution is -0.114. The van der Waals surface area contributed by atoms with Gasteiger partial charge in [-0.25, -0.2) is 0 Å². The average Bonchev–Trinajstić information content (AvgIpc) is 2.51. The van der Waals surface area contributed by atoms with Crippen LogP contribution in [0.4, 0.5) is 0 Å². The Hall–Kier alpha value is -2.01. The number of carbonyl (C=O) groups is 1. The molecule has 0 spiro atoms. The minimum atomic E-state index is -0.0290. The van der Waals surface area contributed by atoms with Gasteiger partial charge in [-0.3, -0.25) is 4.79 Å². The lowest BCUT2D eigenvalue weighted by Crippen LogP contribution is -2.04. The molecule has 1 aromatic carbocycles. The average molecular weight is 181 g/mol. The molecule has 0 unspecified atom stereocenters. The van der Waals surface area contributed by atoms with Crippen molar-refractivity contribution in [3.63, 3.8) is 0 Å². The number of Topliss-reactive ketones (excluding diaryl/α,β-unsaturated/α-hetero) is 1. The summed E-state index contributed by atoms with van der Waals surface area (Å²) in [7, 11) is 0. The highest BCUT2D eigenvalue weighted by atomic mass is 16.1. The van der Waals surface area contributed by atoms with Gasteiger partial charge in [0, 0.05) is 17.1 Å². The number of rotatable bonds is 0. The van der Waals surface area contributed by atoms with Crippen LogP contribution < -0.4 is 0 Å². The van der Waals surface area contributed by atoms with Crippen molar-refractivity contribution >= 4 is 16.7 Å². The van der Waals surface area contributed by atoms with Gasteiger partial charge < -0.3 is 4.57 Å². The van der Waals surface area contributed by atoms with Gasteiger partial charge in [0.05, 0.1) is 12.1 Å². The van der Waals surface area contributed by atoms with Crippen LogP contribution in [0, 0.1) is 11.8 Å². The van der Waals surface area contributed by atoms with Gasteiger partial charge in [0.25, 0.3) is 0 Å². The highest BCUT2D eigenvalue weighted by Gasteiger charge is 2.10. The first-order valence-electron chi connectivity index (χ1n) is 4.47. The van der Waals surface area contributed by atoms with Crippen molar-refractivity contribution in [2.45, 2.75) is 6.54 Å². The number of hydrogen-bond donors (Lipinski definition) is 0. The highest BCUT2D eigenvalue weighted by molar-refractivity contribution is 5.99. The maximum atomic E-state index is 11.3. The van der Waals surface area contributed by atoms with Gasteiger partial charge in [-0.2, -0.15) is 0 Å². The Morgan fingerprint density at radius 3 is 3.07 bits per heavy atom. The van der Waals surface area contributed by atoms with Crippen molar-refractivity contribution in [3.8, 4) is 11.8 Å². The summed E-state index contributed by atoms with van der Waals surface area (Å²) in [5.41, 5.74) is 2.02. The number of aromatic nitrogens is 1. The summed E-state index contributed by atoms with van der Waals surface area (Å²) >= 11 is 0. The Morgan fingerprint density at radius 1 is 1.21 bits per heavy atom. The largest absolute Gasteiger partial charge is 0.338 e. The predicted octanol–water partition coefficient (Wildman–Crippen LogP) is 1.58. The summed E-state index contributed by atoms with van der Waals surface area (Å²) in [4.78, 5) is 11.3. The number of carbonyl (C=O) groups excluding carboxylic acids is 1. The predicted molar refractivity (Wildman–Crippen MR) is 53.8 cm³/mol. The van der Waals surface area contributed by atoms with Crippen molar-refractivity contribution in [1.82, 2.24) is 4.57 Å². The molecule has 2 heterocycles. The van der Waals surface area contributed by atoms with Gasteiger partial charge in [0.2, 0.25) is 5.78 Å². The van der Waals surface area contributed by atoms with E-state index in [1.54, 1.807) is 0 Å². The van der Waals surface area contributed by atoms with Crippen LogP contribution in [0.2, 0.25) is 0 Å². The molecule has 3 rings (SSSR count). The van der Waals surface area contributed by atoms with Crippen molar-refractivity contribution < 1.29 is 4.79 Å². The summed E-state index contributed by atoms with van der Waals surface area (Å²) in [6, 6.07) is 7.96. The Bertz CT molecular complexity index is 596. The van der Waals surface area contributed by atoms with Crippen LogP contribution in [0.25, 0.3) is 10.9 Å². The molecule has 2 nitrogen and oxygen atoms in total. The van der Waals surface area contributed by atoms with Crippen molar-refractivity contribution in [3.05, 3.63) is 36.0 Å². The van der Waals surface area contributed by atoms with E-state index in [1.165, 1.54) is 0 Å². The molecule has 0 bridgehead atoms. The Balaban J connectivity index is 2.49. The van der Waals surface area contributed by atoms with E-state index >= 15 is 0 Å². The second-order valence-corrected chi connectivity index (χ2v) is 3.36. The van der Waals surface area contributed by atoms with Crippen LogP contribution in [-0.4, -0.2) is 10.4 Å². The van der Waals surface area contributed by atoms with Gasteiger partial charge in [-0.15, -0.1) is 0 Å². The van der Waals surface area contributed by atoms with E-state index < -0.39 is 0 Å². The van der Waals surface area contributed by atoms with E-state index in [4.69, 9.17) is 0 Å². The lowest BCUT2D eigenvalue weighted by atomic mass is 10.1. The van der Waals surface area contributed by atoms with Crippen molar-refractivity contribution in [2.75, 3.05) is 0 Å². The molecule has 1 aliphatic heterocycles. The van der Waals surface area contributed by atoms with E-state index in [1.807, 2.05) is 35.0 Å². The third-order valence-corrected chi connectivity index (χ3v) is 2.44. The minimum absolute atomic E-state index is 0.0290. The quantitative estimate of drug-likeness (QED) is 0.565. The molecule has 0 aliphatic carbocycles. The second-order valence-electron chi connectivity index (χ2n) is 3.36. The maximum Gasteiger partial charge on any atom is 0.225 e. The molecule has 0 atom stereocenters. The van der Waals surface area contributed by atoms with Gasteiger partial charge in [-0.1, -0.05) is 18.1 Å². The lowest BCUT2D eigenvalue weighted by Gasteiger charge is -2.00. The SMILES string of the molecule is O=C1C#Cc2cccc3ccn(c23)C1. The molecule has 1 aromatic heterocycles. The molecule has 66 valence electrons. The molecule has 0 N–H and O–H groups in total. The fourth-order valence-electron chi connectivity index (χ4n) is 1.83. The van der Waals surface area contributed by atoms with E-state index in [9.17, 15) is 4.79 Å². The summed E-state index contributed by atoms with van der Waals surface area (Å²) in [6.45, 7) is 0.369. The van der Waals surface area contributed by atoms with Crippen molar-refractivity contribution in [1.29, 1.82) is 0 Å². The number of benzene rings is 1. The number of ketones is 1. The van der Waals surface area contributed by atoms with Gasteiger partial charge >= 0.3 is 0 Å². The monoisotopic (exact) mass is 181 g/mol. The van der Waals surface area contributed by atoms with Crippen LogP contribution in [0.15, 0.2) is 30.5 Å². The van der Waals surface area contributed by atoms with Gasteiger partial charge in [-0.05, 0) is 18.1 Å². The molecule has 14 heavy (non-hydrogen) atoms. The third kappa shape index (κ3) is 0.898. The summed E-state index contributed by atoms with van der Waals surface area (Å²) in [5, 5.41) is 1.14. The van der Waals surface area contributed by atoms with Crippen LogP contribution in [-0.2, 0) is 11.3 Å². The number of para-hydroxylation sites is 1. The Morgan fingerprint density at radius 2 is 2.14 bits per heavy atom. The fourth-order valence-corrected chi connectivity index (χ4v) is 1.83. The normalized spacial score (nSPS) is 13.6. The maximum absolute atomic E-state index is 11.3. The van der Waals surface area contributed by atoms with Gasteiger partial charge in [0.1, 0.15) is 0 Å². The molecule has 2 heteroatoms. The molecule has 0 amide bonds. The fraction of sp³-hybridized carbons (Fsp3) is 0.0833. The topological polar surface area (TPSA) is 22.0 Å². The van der Waals surface area contributed by atoms with Crippen molar-refractivity contribution in [2.24, 2.45) is 0 Å². The Kier molecular flexibility index (Phi) is 1.32. The highest BCUT2D eigenvalue weighted by Crippen LogP contribution is 2.20. The minimum Gasteiger partial charge on any atom is -0.338 e. The van der Waals surface area contributed by atoms with Crippen LogP contribution >= 0.6 is 0 Å². The zero-order valence-corrected chi connectivity index (χ0v) is 7.45. The second kappa shape index (κ2) is 2.49. The summed E-state index contributed by atoms with van der Waals surface area (Å²) < 4.78 is 1.94. The summed E-state index contributed by atoms with van der Waals surface area (Å²) in [6.07, 6.45) is 1.93. The van der Waals surface area contributed by atoms with E-state index in [-0.39, 0.29) is 5.78 Å². The number of nitrogens with zero attached hydrogens (tertiary/aromatic N) is 1. The standard InChI is InChI=1S/C12H7NO/c14-11-5-4-9-2-1-3-10-6-7-13(8-11)12(9)10/h1-3,6-7H,8H2. The van der Waals surface area contributed by atoms with E-state index in [2.05, 4.69) is 11.8 Å². The molecule has 0 saturated carbocycles. The molecule has 0 fully saturated rings. The first-order valence-corrected chi connectivity index (χ1v) is 4.47. The number of hydrogen-bond acceptors (Lipinski definition) is 1. The molecule has 2 aromatic rings. The van der Waals surface area contributed by atoms with Crippen LogP contribution in [0.1, 0.15) is 5.56 Å². The molecule has 1 aliphatic rings. The van der Waals surface area contributed by atoms with Crippen LogP contribution in [0.3, 0.4) is 0 Å². The molecular formula is C12H7NO. The third-order valence-electron chi connectivity index (χ3n) is 2.44. The van der Waals surface area contributed by atoms with E-state index in [0.717, 1.165) is 16.5 Å². The smallest absolute Gasteiger partial charge is 0.225 e.